The highest BCUT2D eigenvalue weighted by atomic mass is 19.1. The first-order valence-electron chi connectivity index (χ1n) is 9.80. The van der Waals surface area contributed by atoms with Gasteiger partial charge in [0.15, 0.2) is 5.96 Å². The first-order valence-corrected chi connectivity index (χ1v) is 9.80. The summed E-state index contributed by atoms with van der Waals surface area (Å²) in [6.45, 7) is 7.52. The predicted octanol–water partition coefficient (Wildman–Crippen LogP) is 3.78. The van der Waals surface area contributed by atoms with Crippen LogP contribution in [-0.4, -0.2) is 40.3 Å². The largest absolute Gasteiger partial charge is 0.353 e. The molecule has 2 unspecified atom stereocenters. The number of nitrogens with one attached hydrogen (secondary N) is 1. The fourth-order valence-electron chi connectivity index (χ4n) is 3.62. The number of aliphatic imine (C=N–C) groups is 1. The molecule has 7 heteroatoms. The standard InChI is InChI=1S/C21H29F2N5/c1-6-24-21(27(4)11-14-12-28(5)26-20(14)13(2)3)25-18-10-15(18)19-16(22)8-7-9-17(19)23/h7-9,12-13,15,18H,6,10-11H2,1-5H3,(H,24,25). The van der Waals surface area contributed by atoms with E-state index in [1.165, 1.54) is 18.2 Å². The highest BCUT2D eigenvalue weighted by Gasteiger charge is 2.42. The molecule has 0 spiro atoms. The lowest BCUT2D eigenvalue weighted by Gasteiger charge is -2.23. The summed E-state index contributed by atoms with van der Waals surface area (Å²) in [6, 6.07) is 4.02. The van der Waals surface area contributed by atoms with E-state index < -0.39 is 11.6 Å². The van der Waals surface area contributed by atoms with Crippen LogP contribution in [0.4, 0.5) is 8.78 Å². The molecule has 5 nitrogen and oxygen atoms in total. The number of hydrogen-bond donors (Lipinski definition) is 1. The number of hydrogen-bond acceptors (Lipinski definition) is 2. The van der Waals surface area contributed by atoms with Crippen molar-refractivity contribution in [3.63, 3.8) is 0 Å². The smallest absolute Gasteiger partial charge is 0.194 e. The molecule has 0 radical (unpaired) electrons. The van der Waals surface area contributed by atoms with Gasteiger partial charge in [-0.05, 0) is 31.4 Å². The second-order valence-electron chi connectivity index (χ2n) is 7.75. The maximum Gasteiger partial charge on any atom is 0.194 e. The van der Waals surface area contributed by atoms with Crippen molar-refractivity contribution in [3.05, 3.63) is 52.9 Å². The number of halogens is 2. The van der Waals surface area contributed by atoms with E-state index in [0.29, 0.717) is 25.4 Å². The van der Waals surface area contributed by atoms with Gasteiger partial charge in [0.1, 0.15) is 11.6 Å². The zero-order valence-electron chi connectivity index (χ0n) is 17.2. The third-order valence-corrected chi connectivity index (χ3v) is 5.04. The number of aryl methyl sites for hydroxylation is 1. The summed E-state index contributed by atoms with van der Waals surface area (Å²) in [4.78, 5) is 6.61. The zero-order valence-corrected chi connectivity index (χ0v) is 17.2. The second kappa shape index (κ2) is 8.29. The van der Waals surface area contributed by atoms with Gasteiger partial charge in [0.25, 0.3) is 0 Å². The van der Waals surface area contributed by atoms with E-state index in [1.54, 1.807) is 0 Å². The summed E-state index contributed by atoms with van der Waals surface area (Å²) in [5.74, 6) is -0.0466. The van der Waals surface area contributed by atoms with Crippen LogP contribution in [0.5, 0.6) is 0 Å². The van der Waals surface area contributed by atoms with E-state index in [2.05, 4.69) is 29.3 Å². The quantitative estimate of drug-likeness (QED) is 0.604. The fraction of sp³-hybridized carbons (Fsp3) is 0.524. The Morgan fingerprint density at radius 2 is 2.04 bits per heavy atom. The van der Waals surface area contributed by atoms with Crippen LogP contribution < -0.4 is 5.32 Å². The summed E-state index contributed by atoms with van der Waals surface area (Å²) < 4.78 is 29.9. The lowest BCUT2D eigenvalue weighted by Crippen LogP contribution is -2.40. The molecule has 3 rings (SSSR count). The van der Waals surface area contributed by atoms with E-state index in [-0.39, 0.29) is 17.5 Å². The predicted molar refractivity (Wildman–Crippen MR) is 107 cm³/mol. The number of guanidine groups is 1. The van der Waals surface area contributed by atoms with Crippen LogP contribution in [0, 0.1) is 11.6 Å². The van der Waals surface area contributed by atoms with E-state index >= 15 is 0 Å². The number of rotatable bonds is 6. The SMILES string of the molecule is CCN=C(NC1CC1c1c(F)cccc1F)N(C)Cc1cn(C)nc1C(C)C. The minimum Gasteiger partial charge on any atom is -0.353 e. The second-order valence-corrected chi connectivity index (χ2v) is 7.75. The van der Waals surface area contributed by atoms with E-state index in [4.69, 9.17) is 0 Å². The Labute approximate surface area is 165 Å². The van der Waals surface area contributed by atoms with Crippen LogP contribution in [0.3, 0.4) is 0 Å². The normalized spacial score (nSPS) is 19.2. The Bertz CT molecular complexity index is 838. The minimum absolute atomic E-state index is 0.0161. The molecule has 2 atom stereocenters. The lowest BCUT2D eigenvalue weighted by molar-refractivity contribution is 0.470. The monoisotopic (exact) mass is 389 g/mol. The summed E-state index contributed by atoms with van der Waals surface area (Å²) in [6.07, 6.45) is 2.72. The van der Waals surface area contributed by atoms with E-state index in [1.807, 2.05) is 36.8 Å². The van der Waals surface area contributed by atoms with Crippen LogP contribution in [0.1, 0.15) is 55.8 Å². The Morgan fingerprint density at radius 1 is 1.36 bits per heavy atom. The van der Waals surface area contributed by atoms with Crippen molar-refractivity contribution in [3.8, 4) is 0 Å². The number of nitrogens with zero attached hydrogens (tertiary/aromatic N) is 4. The molecule has 1 heterocycles. The molecule has 1 aromatic heterocycles. The van der Waals surface area contributed by atoms with Gasteiger partial charge in [-0.25, -0.2) is 8.78 Å². The van der Waals surface area contributed by atoms with Crippen LogP contribution in [0.2, 0.25) is 0 Å². The maximum atomic E-state index is 14.1. The molecule has 0 saturated heterocycles. The van der Waals surface area contributed by atoms with Crippen molar-refractivity contribution >= 4 is 5.96 Å². The maximum absolute atomic E-state index is 14.1. The summed E-state index contributed by atoms with van der Waals surface area (Å²) in [7, 11) is 3.89. The molecule has 0 bridgehead atoms. The van der Waals surface area contributed by atoms with Crippen LogP contribution in [0.15, 0.2) is 29.4 Å². The average Bonchev–Trinajstić information content (AvgIpc) is 3.26. The lowest BCUT2D eigenvalue weighted by atomic mass is 10.1. The Hall–Kier alpha value is -2.44. The Kier molecular flexibility index (Phi) is 6.01. The molecule has 152 valence electrons. The summed E-state index contributed by atoms with van der Waals surface area (Å²) >= 11 is 0. The van der Waals surface area contributed by atoms with Crippen LogP contribution in [0.25, 0.3) is 0 Å². The molecule has 1 aliphatic rings. The third kappa shape index (κ3) is 4.34. The molecule has 2 aromatic rings. The Morgan fingerprint density at radius 3 is 2.64 bits per heavy atom. The van der Waals surface area contributed by atoms with Gasteiger partial charge in [0.2, 0.25) is 0 Å². The van der Waals surface area contributed by atoms with Gasteiger partial charge in [-0.3, -0.25) is 9.67 Å². The fourth-order valence-corrected chi connectivity index (χ4v) is 3.62. The molecule has 28 heavy (non-hydrogen) atoms. The third-order valence-electron chi connectivity index (χ3n) is 5.04. The van der Waals surface area contributed by atoms with Crippen LogP contribution >= 0.6 is 0 Å². The highest BCUT2D eigenvalue weighted by molar-refractivity contribution is 5.80. The molecular weight excluding hydrogens is 360 g/mol. The Balaban J connectivity index is 1.70. The van der Waals surface area contributed by atoms with E-state index in [0.717, 1.165) is 17.2 Å². The van der Waals surface area contributed by atoms with Gasteiger partial charge in [-0.15, -0.1) is 0 Å². The van der Waals surface area contributed by atoms with Gasteiger partial charge >= 0.3 is 0 Å². The molecule has 1 aliphatic carbocycles. The topological polar surface area (TPSA) is 45.5 Å². The first kappa shape index (κ1) is 20.3. The molecule has 0 aliphatic heterocycles. The van der Waals surface area contributed by atoms with Gasteiger partial charge in [0, 0.05) is 56.5 Å². The van der Waals surface area contributed by atoms with Crippen molar-refractivity contribution in [1.29, 1.82) is 0 Å². The molecule has 0 amide bonds. The van der Waals surface area contributed by atoms with E-state index in [9.17, 15) is 8.78 Å². The van der Waals surface area contributed by atoms with Crippen molar-refractivity contribution in [2.75, 3.05) is 13.6 Å². The molecule has 1 saturated carbocycles. The molecular formula is C21H29F2N5. The van der Waals surface area contributed by atoms with Gasteiger partial charge in [-0.2, -0.15) is 5.10 Å². The first-order chi connectivity index (χ1) is 13.3. The van der Waals surface area contributed by atoms with Gasteiger partial charge in [-0.1, -0.05) is 19.9 Å². The van der Waals surface area contributed by atoms with Gasteiger partial charge < -0.3 is 10.2 Å². The number of aromatic nitrogens is 2. The average molecular weight is 389 g/mol. The van der Waals surface area contributed by atoms with Gasteiger partial charge in [0.05, 0.1) is 5.69 Å². The highest BCUT2D eigenvalue weighted by Crippen LogP contribution is 2.43. The van der Waals surface area contributed by atoms with Crippen molar-refractivity contribution in [1.82, 2.24) is 20.0 Å². The zero-order chi connectivity index (χ0) is 20.4. The molecule has 1 fully saturated rings. The number of benzene rings is 1. The minimum atomic E-state index is -0.478. The van der Waals surface area contributed by atoms with Crippen molar-refractivity contribution in [2.45, 2.75) is 51.6 Å². The van der Waals surface area contributed by atoms with Crippen LogP contribution in [-0.2, 0) is 13.6 Å². The summed E-state index contributed by atoms with van der Waals surface area (Å²) in [5, 5.41) is 7.95. The molecule has 1 aromatic carbocycles. The molecule has 1 N–H and O–H groups in total. The van der Waals surface area contributed by atoms with Crippen molar-refractivity contribution < 1.29 is 8.78 Å². The summed E-state index contributed by atoms with van der Waals surface area (Å²) in [5.41, 5.74) is 2.40. The van der Waals surface area contributed by atoms with Crippen molar-refractivity contribution in [2.24, 2.45) is 12.0 Å².